The van der Waals surface area contributed by atoms with Gasteiger partial charge < -0.3 is 20.0 Å². The Balaban J connectivity index is 0.000000479. The number of carbonyl (C=O) groups is 2. The van der Waals surface area contributed by atoms with Crippen LogP contribution in [0.4, 0.5) is 24.7 Å². The molecule has 3 N–H and O–H groups in total. The number of nitrogens with one attached hydrogen (secondary N) is 1. The summed E-state index contributed by atoms with van der Waals surface area (Å²) in [5.74, 6) is -3.45. The van der Waals surface area contributed by atoms with Crippen LogP contribution in [0.15, 0.2) is 12.3 Å². The predicted molar refractivity (Wildman–Crippen MR) is 114 cm³/mol. The number of pyridine rings is 1. The number of anilines is 2. The number of aromatic nitrogens is 1. The second-order valence-corrected chi connectivity index (χ2v) is 9.64. The second-order valence-electron chi connectivity index (χ2n) is 7.89. The first-order chi connectivity index (χ1) is 15.3. The quantitative estimate of drug-likeness (QED) is 0.560. The molecule has 2 fully saturated rings. The summed E-state index contributed by atoms with van der Waals surface area (Å²) in [6.07, 6.45) is 3.13. The summed E-state index contributed by atoms with van der Waals surface area (Å²) in [6.45, 7) is 3.84. The van der Waals surface area contributed by atoms with Crippen molar-refractivity contribution in [2.75, 3.05) is 42.1 Å². The molecule has 2 aliphatic heterocycles. The van der Waals surface area contributed by atoms with E-state index in [9.17, 15) is 31.5 Å². The number of alkyl halides is 3. The molecule has 2 saturated heterocycles. The van der Waals surface area contributed by atoms with Crippen LogP contribution in [0.25, 0.3) is 0 Å². The lowest BCUT2D eigenvalue weighted by Gasteiger charge is -2.40. The van der Waals surface area contributed by atoms with Gasteiger partial charge in [0.2, 0.25) is 10.0 Å². The Morgan fingerprint density at radius 1 is 1.09 bits per heavy atom. The summed E-state index contributed by atoms with van der Waals surface area (Å²) in [6, 6.07) is 1.90. The van der Waals surface area contributed by atoms with Gasteiger partial charge in [-0.2, -0.15) is 13.2 Å². The zero-order valence-corrected chi connectivity index (χ0v) is 18.8. The van der Waals surface area contributed by atoms with Crippen molar-refractivity contribution < 1.29 is 41.4 Å². The van der Waals surface area contributed by atoms with Gasteiger partial charge in [-0.1, -0.05) is 6.42 Å². The molecule has 0 bridgehead atoms. The summed E-state index contributed by atoms with van der Waals surface area (Å²) in [5, 5.41) is 16.6. The number of carboxylic acid groups (broad SMARTS) is 2. The fraction of sp³-hybridized carbons (Fsp3) is 0.632. The van der Waals surface area contributed by atoms with Crippen molar-refractivity contribution in [3.63, 3.8) is 0 Å². The lowest BCUT2D eigenvalue weighted by Crippen LogP contribution is -2.47. The zero-order chi connectivity index (χ0) is 24.8. The summed E-state index contributed by atoms with van der Waals surface area (Å²) < 4.78 is 56.7. The molecule has 0 radical (unpaired) electrons. The molecule has 33 heavy (non-hydrogen) atoms. The number of carboxylic acids is 2. The van der Waals surface area contributed by atoms with E-state index in [1.54, 1.807) is 0 Å². The molecule has 1 aromatic heterocycles. The topological polar surface area (TPSA) is 140 Å². The molecule has 14 heteroatoms. The SMILES string of the molecule is CS(=O)(=O)Nc1cnc(N2CCC(N3CCCCC3)CC2)c(C(=O)O)c1.O=C(O)C(F)(F)F. The van der Waals surface area contributed by atoms with Crippen LogP contribution in [0.5, 0.6) is 0 Å². The van der Waals surface area contributed by atoms with Crippen LogP contribution in [-0.2, 0) is 14.8 Å². The van der Waals surface area contributed by atoms with Gasteiger partial charge >= 0.3 is 18.1 Å². The van der Waals surface area contributed by atoms with Crippen LogP contribution in [0.2, 0.25) is 0 Å². The smallest absolute Gasteiger partial charge is 0.478 e. The largest absolute Gasteiger partial charge is 0.490 e. The highest BCUT2D eigenvalue weighted by atomic mass is 32.2. The highest BCUT2D eigenvalue weighted by molar-refractivity contribution is 7.92. The minimum atomic E-state index is -5.08. The number of sulfonamides is 1. The van der Waals surface area contributed by atoms with Gasteiger partial charge in [-0.3, -0.25) is 4.72 Å². The first-order valence-corrected chi connectivity index (χ1v) is 12.2. The molecule has 2 aliphatic rings. The maximum Gasteiger partial charge on any atom is 0.490 e. The third kappa shape index (κ3) is 8.35. The Kier molecular flexibility index (Phi) is 8.89. The first kappa shape index (κ1) is 26.6. The van der Waals surface area contributed by atoms with Crippen molar-refractivity contribution in [2.24, 2.45) is 0 Å². The Bertz CT molecular complexity index is 943. The lowest BCUT2D eigenvalue weighted by molar-refractivity contribution is -0.192. The van der Waals surface area contributed by atoms with E-state index in [2.05, 4.69) is 14.6 Å². The van der Waals surface area contributed by atoms with Crippen molar-refractivity contribution in [3.05, 3.63) is 17.8 Å². The first-order valence-electron chi connectivity index (χ1n) is 10.3. The van der Waals surface area contributed by atoms with Gasteiger partial charge in [-0.25, -0.2) is 23.0 Å². The Morgan fingerprint density at radius 2 is 1.64 bits per heavy atom. The number of piperidine rings is 2. The fourth-order valence-corrected chi connectivity index (χ4v) is 4.40. The Hall–Kier alpha value is -2.61. The van der Waals surface area contributed by atoms with Crippen LogP contribution in [-0.4, -0.2) is 85.1 Å². The number of likely N-dealkylation sites (tertiary alicyclic amines) is 1. The standard InChI is InChI=1S/C17H26N4O4S.C2HF3O2/c1-26(24,25)19-13-11-15(17(22)23)16(18-12-13)21-9-5-14(6-10-21)20-7-3-2-4-8-20;3-2(4,5)1(6)7/h11-12,14,19H,2-10H2,1H3,(H,22,23);(H,6,7). The summed E-state index contributed by atoms with van der Waals surface area (Å²) >= 11 is 0. The lowest BCUT2D eigenvalue weighted by atomic mass is 9.99. The summed E-state index contributed by atoms with van der Waals surface area (Å²) in [4.78, 5) is 29.3. The normalized spacial score (nSPS) is 18.2. The molecule has 0 atom stereocenters. The van der Waals surface area contributed by atoms with Crippen LogP contribution in [0, 0.1) is 0 Å². The molecule has 186 valence electrons. The fourth-order valence-electron chi connectivity index (χ4n) is 3.86. The van der Waals surface area contributed by atoms with Gasteiger partial charge in [-0.05, 0) is 44.8 Å². The average Bonchev–Trinajstić information content (AvgIpc) is 2.73. The number of halogens is 3. The van der Waals surface area contributed by atoms with Gasteiger partial charge in [0, 0.05) is 19.1 Å². The van der Waals surface area contributed by atoms with Gasteiger partial charge in [0.05, 0.1) is 18.1 Å². The third-order valence-corrected chi connectivity index (χ3v) is 5.92. The van der Waals surface area contributed by atoms with Crippen LogP contribution in [0.1, 0.15) is 42.5 Å². The third-order valence-electron chi connectivity index (χ3n) is 5.31. The molecule has 1 aromatic rings. The highest BCUT2D eigenvalue weighted by Gasteiger charge is 2.38. The summed E-state index contributed by atoms with van der Waals surface area (Å²) in [7, 11) is -3.48. The maximum absolute atomic E-state index is 11.6. The molecular formula is C19H27F3N4O6S. The maximum atomic E-state index is 11.6. The van der Waals surface area contributed by atoms with E-state index >= 15 is 0 Å². The van der Waals surface area contributed by atoms with E-state index in [-0.39, 0.29) is 11.3 Å². The predicted octanol–water partition coefficient (Wildman–Crippen LogP) is 2.24. The molecular weight excluding hydrogens is 469 g/mol. The average molecular weight is 497 g/mol. The second kappa shape index (κ2) is 11.0. The Labute approximate surface area is 189 Å². The number of rotatable bonds is 5. The molecule has 10 nitrogen and oxygen atoms in total. The molecule has 0 saturated carbocycles. The number of hydrogen-bond donors (Lipinski definition) is 3. The number of aromatic carboxylic acids is 1. The van der Waals surface area contributed by atoms with Crippen molar-refractivity contribution in [3.8, 4) is 0 Å². The van der Waals surface area contributed by atoms with Gasteiger partial charge in [0.25, 0.3) is 0 Å². The number of aliphatic carboxylic acids is 1. The van der Waals surface area contributed by atoms with E-state index in [4.69, 9.17) is 9.90 Å². The molecule has 3 rings (SSSR count). The van der Waals surface area contributed by atoms with Crippen LogP contribution >= 0.6 is 0 Å². The van der Waals surface area contributed by atoms with Crippen molar-refractivity contribution in [1.29, 1.82) is 0 Å². The number of nitrogens with zero attached hydrogens (tertiary/aromatic N) is 3. The number of hydrogen-bond acceptors (Lipinski definition) is 7. The van der Waals surface area contributed by atoms with Gasteiger partial charge in [0.1, 0.15) is 11.4 Å². The van der Waals surface area contributed by atoms with Crippen LogP contribution in [0.3, 0.4) is 0 Å². The Morgan fingerprint density at radius 3 is 2.09 bits per heavy atom. The monoisotopic (exact) mass is 496 g/mol. The van der Waals surface area contributed by atoms with E-state index in [1.807, 2.05) is 4.90 Å². The van der Waals surface area contributed by atoms with Gasteiger partial charge in [-0.15, -0.1) is 0 Å². The minimum Gasteiger partial charge on any atom is -0.478 e. The van der Waals surface area contributed by atoms with Crippen LogP contribution < -0.4 is 9.62 Å². The molecule has 0 amide bonds. The van der Waals surface area contributed by atoms with E-state index in [0.29, 0.717) is 11.9 Å². The minimum absolute atomic E-state index is 0.0232. The van der Waals surface area contributed by atoms with Crippen molar-refractivity contribution >= 4 is 33.5 Å². The molecule has 0 spiro atoms. The van der Waals surface area contributed by atoms with E-state index in [1.165, 1.54) is 31.5 Å². The molecule has 3 heterocycles. The molecule has 0 aromatic carbocycles. The van der Waals surface area contributed by atoms with Crippen molar-refractivity contribution in [2.45, 2.75) is 44.3 Å². The van der Waals surface area contributed by atoms with Crippen molar-refractivity contribution in [1.82, 2.24) is 9.88 Å². The molecule has 0 aliphatic carbocycles. The van der Waals surface area contributed by atoms with E-state index in [0.717, 1.165) is 45.3 Å². The summed E-state index contributed by atoms with van der Waals surface area (Å²) in [5.41, 5.74) is 0.187. The van der Waals surface area contributed by atoms with Gasteiger partial charge in [0.15, 0.2) is 0 Å². The molecule has 0 unspecified atom stereocenters. The highest BCUT2D eigenvalue weighted by Crippen LogP contribution is 2.27. The van der Waals surface area contributed by atoms with E-state index < -0.39 is 28.1 Å². The zero-order valence-electron chi connectivity index (χ0n) is 18.0.